The van der Waals surface area contributed by atoms with Gasteiger partial charge >= 0.3 is 5.97 Å². The zero-order valence-corrected chi connectivity index (χ0v) is 17.1. The fraction of sp³-hybridized carbons (Fsp3) is 0.0625. The SMILES string of the molecule is CC(=O)Oc1c(Br)cc(/C=N\NC(=O)c2ccccc2Br)cc1Br. The molecular formula is C16H11Br3N2O3. The molecule has 0 bridgehead atoms. The number of rotatable bonds is 4. The van der Waals surface area contributed by atoms with Gasteiger partial charge in [0.1, 0.15) is 0 Å². The Bertz CT molecular complexity index is 799. The van der Waals surface area contributed by atoms with Gasteiger partial charge in [-0.25, -0.2) is 5.43 Å². The van der Waals surface area contributed by atoms with Crippen LogP contribution in [0, 0.1) is 0 Å². The van der Waals surface area contributed by atoms with E-state index in [1.165, 1.54) is 13.1 Å². The molecule has 124 valence electrons. The van der Waals surface area contributed by atoms with Crippen LogP contribution >= 0.6 is 47.8 Å². The normalized spacial score (nSPS) is 10.7. The Hall–Kier alpha value is -1.51. The number of esters is 1. The van der Waals surface area contributed by atoms with Gasteiger partial charge in [-0.3, -0.25) is 9.59 Å². The van der Waals surface area contributed by atoms with Crippen molar-refractivity contribution in [2.75, 3.05) is 0 Å². The number of halogens is 3. The highest BCUT2D eigenvalue weighted by Crippen LogP contribution is 2.34. The van der Waals surface area contributed by atoms with Crippen LogP contribution in [0.25, 0.3) is 0 Å². The van der Waals surface area contributed by atoms with Gasteiger partial charge in [-0.2, -0.15) is 5.10 Å². The highest BCUT2D eigenvalue weighted by molar-refractivity contribution is 9.11. The van der Waals surface area contributed by atoms with Gasteiger partial charge in [0.05, 0.1) is 20.7 Å². The van der Waals surface area contributed by atoms with Gasteiger partial charge in [0, 0.05) is 11.4 Å². The summed E-state index contributed by atoms with van der Waals surface area (Å²) in [5.41, 5.74) is 3.65. The average Bonchev–Trinajstić information content (AvgIpc) is 2.51. The maximum atomic E-state index is 12.0. The van der Waals surface area contributed by atoms with Gasteiger partial charge in [0.2, 0.25) is 0 Å². The van der Waals surface area contributed by atoms with Crippen molar-refractivity contribution in [2.45, 2.75) is 6.92 Å². The Morgan fingerprint density at radius 3 is 2.29 bits per heavy atom. The van der Waals surface area contributed by atoms with E-state index in [1.54, 1.807) is 30.3 Å². The van der Waals surface area contributed by atoms with Gasteiger partial charge < -0.3 is 4.74 Å². The summed E-state index contributed by atoms with van der Waals surface area (Å²) in [6, 6.07) is 10.5. The van der Waals surface area contributed by atoms with Crippen LogP contribution in [-0.4, -0.2) is 18.1 Å². The Labute approximate surface area is 163 Å². The van der Waals surface area contributed by atoms with Crippen molar-refractivity contribution in [1.29, 1.82) is 0 Å². The minimum Gasteiger partial charge on any atom is -0.424 e. The van der Waals surface area contributed by atoms with Crippen LogP contribution in [-0.2, 0) is 4.79 Å². The van der Waals surface area contributed by atoms with Crippen molar-refractivity contribution in [1.82, 2.24) is 5.43 Å². The Morgan fingerprint density at radius 2 is 1.71 bits per heavy atom. The Balaban J connectivity index is 2.11. The number of nitrogens with zero attached hydrogens (tertiary/aromatic N) is 1. The van der Waals surface area contributed by atoms with Crippen LogP contribution < -0.4 is 10.2 Å². The molecule has 0 aliphatic heterocycles. The van der Waals surface area contributed by atoms with Crippen molar-refractivity contribution in [3.05, 3.63) is 60.9 Å². The topological polar surface area (TPSA) is 67.8 Å². The molecule has 0 heterocycles. The number of hydrazone groups is 1. The number of benzene rings is 2. The van der Waals surface area contributed by atoms with Crippen LogP contribution in [0.3, 0.4) is 0 Å². The first kappa shape index (κ1) is 18.8. The molecule has 0 radical (unpaired) electrons. The molecule has 1 N–H and O–H groups in total. The summed E-state index contributed by atoms with van der Waals surface area (Å²) in [4.78, 5) is 23.1. The van der Waals surface area contributed by atoms with Gasteiger partial charge in [-0.05, 0) is 77.6 Å². The molecule has 24 heavy (non-hydrogen) atoms. The fourth-order valence-electron chi connectivity index (χ4n) is 1.77. The van der Waals surface area contributed by atoms with E-state index < -0.39 is 5.97 Å². The van der Waals surface area contributed by atoms with Crippen LogP contribution in [0.15, 0.2) is 54.9 Å². The predicted molar refractivity (Wildman–Crippen MR) is 102 cm³/mol. The molecule has 0 aliphatic carbocycles. The molecule has 0 aromatic heterocycles. The van der Waals surface area contributed by atoms with Crippen molar-refractivity contribution in [3.8, 4) is 5.75 Å². The lowest BCUT2D eigenvalue weighted by atomic mass is 10.2. The third-order valence-corrected chi connectivity index (χ3v) is 4.63. The molecule has 5 nitrogen and oxygen atoms in total. The zero-order valence-electron chi connectivity index (χ0n) is 12.3. The van der Waals surface area contributed by atoms with E-state index in [9.17, 15) is 9.59 Å². The van der Waals surface area contributed by atoms with Crippen LogP contribution in [0.1, 0.15) is 22.8 Å². The molecule has 1 amide bonds. The van der Waals surface area contributed by atoms with E-state index in [0.717, 1.165) is 0 Å². The summed E-state index contributed by atoms with van der Waals surface area (Å²) < 4.78 is 6.96. The standard InChI is InChI=1S/C16H11Br3N2O3/c1-9(22)24-15-13(18)6-10(7-14(15)19)8-20-21-16(23)11-4-2-3-5-12(11)17/h2-8H,1H3,(H,21,23)/b20-8-. The number of amides is 1. The molecule has 0 spiro atoms. The van der Waals surface area contributed by atoms with Crippen LogP contribution in [0.2, 0.25) is 0 Å². The molecule has 0 fully saturated rings. The highest BCUT2D eigenvalue weighted by atomic mass is 79.9. The van der Waals surface area contributed by atoms with Crippen molar-refractivity contribution >= 4 is 65.9 Å². The lowest BCUT2D eigenvalue weighted by molar-refractivity contribution is -0.131. The molecular weight excluding hydrogens is 508 g/mol. The number of nitrogens with one attached hydrogen (secondary N) is 1. The van der Waals surface area contributed by atoms with Crippen molar-refractivity contribution in [2.24, 2.45) is 5.10 Å². The van der Waals surface area contributed by atoms with Gasteiger partial charge in [-0.1, -0.05) is 12.1 Å². The van der Waals surface area contributed by atoms with Crippen molar-refractivity contribution in [3.63, 3.8) is 0 Å². The average molecular weight is 519 g/mol. The lowest BCUT2D eigenvalue weighted by Crippen LogP contribution is -2.18. The van der Waals surface area contributed by atoms with Gasteiger partial charge in [0.25, 0.3) is 5.91 Å². The Morgan fingerprint density at radius 1 is 1.08 bits per heavy atom. The number of carbonyl (C=O) groups excluding carboxylic acids is 2. The number of hydrogen-bond acceptors (Lipinski definition) is 4. The van der Waals surface area contributed by atoms with E-state index in [4.69, 9.17) is 4.74 Å². The second-order valence-electron chi connectivity index (χ2n) is 4.59. The highest BCUT2D eigenvalue weighted by Gasteiger charge is 2.11. The van der Waals surface area contributed by atoms with E-state index in [-0.39, 0.29) is 5.91 Å². The zero-order chi connectivity index (χ0) is 17.7. The molecule has 2 aromatic carbocycles. The maximum absolute atomic E-state index is 12.0. The van der Waals surface area contributed by atoms with E-state index in [0.29, 0.717) is 30.3 Å². The minimum absolute atomic E-state index is 0.326. The number of ether oxygens (including phenoxy) is 1. The second-order valence-corrected chi connectivity index (χ2v) is 7.15. The minimum atomic E-state index is -0.418. The molecule has 8 heteroatoms. The van der Waals surface area contributed by atoms with Gasteiger partial charge in [-0.15, -0.1) is 0 Å². The van der Waals surface area contributed by atoms with Crippen LogP contribution in [0.4, 0.5) is 0 Å². The lowest BCUT2D eigenvalue weighted by Gasteiger charge is -2.08. The first-order valence-electron chi connectivity index (χ1n) is 6.64. The van der Waals surface area contributed by atoms with E-state index in [1.807, 2.05) is 6.07 Å². The summed E-state index contributed by atoms with van der Waals surface area (Å²) in [5, 5.41) is 3.94. The van der Waals surface area contributed by atoms with Crippen LogP contribution in [0.5, 0.6) is 5.75 Å². The largest absolute Gasteiger partial charge is 0.424 e. The molecule has 0 atom stereocenters. The molecule has 2 rings (SSSR count). The third-order valence-electron chi connectivity index (χ3n) is 2.76. The Kier molecular flexibility index (Phi) is 6.70. The first-order valence-corrected chi connectivity index (χ1v) is 9.01. The molecule has 0 aliphatic rings. The summed E-state index contributed by atoms with van der Waals surface area (Å²) in [5.74, 6) is -0.358. The maximum Gasteiger partial charge on any atom is 0.308 e. The number of carbonyl (C=O) groups is 2. The monoisotopic (exact) mass is 516 g/mol. The second kappa shape index (κ2) is 8.55. The number of hydrogen-bond donors (Lipinski definition) is 1. The van der Waals surface area contributed by atoms with Crippen molar-refractivity contribution < 1.29 is 14.3 Å². The first-order chi connectivity index (χ1) is 11.4. The smallest absolute Gasteiger partial charge is 0.308 e. The molecule has 0 saturated carbocycles. The van der Waals surface area contributed by atoms with Gasteiger partial charge in [0.15, 0.2) is 5.75 Å². The summed E-state index contributed by atoms with van der Waals surface area (Å²) >= 11 is 9.98. The fourth-order valence-corrected chi connectivity index (χ4v) is 3.61. The summed E-state index contributed by atoms with van der Waals surface area (Å²) in [6.07, 6.45) is 1.49. The molecule has 2 aromatic rings. The summed E-state index contributed by atoms with van der Waals surface area (Å²) in [7, 11) is 0. The van der Waals surface area contributed by atoms with E-state index >= 15 is 0 Å². The summed E-state index contributed by atoms with van der Waals surface area (Å²) in [6.45, 7) is 1.32. The predicted octanol–water partition coefficient (Wildman–Crippen LogP) is 4.66. The van der Waals surface area contributed by atoms with E-state index in [2.05, 4.69) is 58.3 Å². The quantitative estimate of drug-likeness (QED) is 0.277. The molecule has 0 unspecified atom stereocenters. The molecule has 0 saturated heterocycles. The third kappa shape index (κ3) is 4.99.